The van der Waals surface area contributed by atoms with Gasteiger partial charge >= 0.3 is 0 Å². The summed E-state index contributed by atoms with van der Waals surface area (Å²) in [7, 11) is 0. The number of amides is 1. The first-order chi connectivity index (χ1) is 11.7. The molecule has 0 spiro atoms. The molecule has 1 atom stereocenters. The number of benzene rings is 1. The molecule has 8 nitrogen and oxygen atoms in total. The van der Waals surface area contributed by atoms with Crippen molar-refractivity contribution < 1.29 is 4.79 Å². The minimum Gasteiger partial charge on any atom is -0.363 e. The van der Waals surface area contributed by atoms with Gasteiger partial charge in [-0.25, -0.2) is 9.67 Å². The third-order valence-corrected chi connectivity index (χ3v) is 4.54. The van der Waals surface area contributed by atoms with Gasteiger partial charge in [0.2, 0.25) is 5.82 Å². The van der Waals surface area contributed by atoms with Crippen molar-refractivity contribution in [1.82, 2.24) is 29.9 Å². The Morgan fingerprint density at radius 2 is 2.33 bits per heavy atom. The van der Waals surface area contributed by atoms with Crippen molar-refractivity contribution in [3.8, 4) is 0 Å². The van der Waals surface area contributed by atoms with Crippen molar-refractivity contribution in [2.24, 2.45) is 5.73 Å². The number of carbonyl (C=O) groups is 1. The number of aromatic nitrogens is 5. The van der Waals surface area contributed by atoms with E-state index >= 15 is 0 Å². The first-order valence-electron chi connectivity index (χ1n) is 8.05. The van der Waals surface area contributed by atoms with Crippen molar-refractivity contribution in [2.45, 2.75) is 25.4 Å². The Morgan fingerprint density at radius 1 is 1.42 bits per heavy atom. The third kappa shape index (κ3) is 2.76. The van der Waals surface area contributed by atoms with Gasteiger partial charge in [0.15, 0.2) is 0 Å². The number of fused-ring (bicyclic) bond motifs is 1. The van der Waals surface area contributed by atoms with Crippen LogP contribution in [-0.2, 0) is 6.54 Å². The molecular weight excluding hydrogens is 306 g/mol. The molecule has 0 radical (unpaired) electrons. The fourth-order valence-electron chi connectivity index (χ4n) is 3.36. The maximum absolute atomic E-state index is 11.2. The zero-order chi connectivity index (χ0) is 16.5. The van der Waals surface area contributed by atoms with Crippen LogP contribution in [0.5, 0.6) is 0 Å². The highest BCUT2D eigenvalue weighted by atomic mass is 16.1. The second-order valence-corrected chi connectivity index (χ2v) is 6.19. The first-order valence-corrected chi connectivity index (χ1v) is 8.05. The van der Waals surface area contributed by atoms with E-state index in [4.69, 9.17) is 5.73 Å². The van der Waals surface area contributed by atoms with Gasteiger partial charge in [-0.05, 0) is 24.9 Å². The molecule has 1 saturated heterocycles. The highest BCUT2D eigenvalue weighted by Crippen LogP contribution is 2.24. The van der Waals surface area contributed by atoms with Crippen LogP contribution in [0.3, 0.4) is 0 Å². The third-order valence-electron chi connectivity index (χ3n) is 4.54. The molecule has 24 heavy (non-hydrogen) atoms. The summed E-state index contributed by atoms with van der Waals surface area (Å²) >= 11 is 0. The molecule has 0 aliphatic carbocycles. The molecule has 1 amide bonds. The van der Waals surface area contributed by atoms with Gasteiger partial charge in [-0.2, -0.15) is 5.10 Å². The molecule has 124 valence electrons. The van der Waals surface area contributed by atoms with Crippen LogP contribution in [0.15, 0.2) is 30.7 Å². The van der Waals surface area contributed by atoms with Crippen LogP contribution in [0, 0.1) is 0 Å². The van der Waals surface area contributed by atoms with Gasteiger partial charge in [0.05, 0.1) is 17.8 Å². The number of piperidine rings is 1. The minimum atomic E-state index is -0.590. The topological polar surface area (TPSA) is 106 Å². The monoisotopic (exact) mass is 325 g/mol. The lowest BCUT2D eigenvalue weighted by Gasteiger charge is -2.32. The van der Waals surface area contributed by atoms with Crippen LogP contribution < -0.4 is 5.73 Å². The minimum absolute atomic E-state index is 0.0781. The second kappa shape index (κ2) is 6.04. The predicted octanol–water partition coefficient (Wildman–Crippen LogP) is 1.09. The van der Waals surface area contributed by atoms with Crippen molar-refractivity contribution in [3.05, 3.63) is 42.1 Å². The number of primary amides is 1. The molecule has 1 aromatic carbocycles. The number of hydrogen-bond donors (Lipinski definition) is 2. The average molecular weight is 325 g/mol. The largest absolute Gasteiger partial charge is 0.363 e. The Bertz CT molecular complexity index is 868. The van der Waals surface area contributed by atoms with Gasteiger partial charge in [0, 0.05) is 18.5 Å². The van der Waals surface area contributed by atoms with Crippen molar-refractivity contribution in [1.29, 1.82) is 0 Å². The SMILES string of the molecule is NC(=O)c1ncn([C@H]2CCCN(Cc3cccc4cn[nH]c34)C2)n1. The number of rotatable bonds is 4. The molecule has 0 unspecified atom stereocenters. The van der Waals surface area contributed by atoms with E-state index in [1.165, 1.54) is 5.56 Å². The number of nitrogens with two attached hydrogens (primary N) is 1. The smallest absolute Gasteiger partial charge is 0.288 e. The normalized spacial score (nSPS) is 18.9. The highest BCUT2D eigenvalue weighted by molar-refractivity contribution is 5.88. The van der Waals surface area contributed by atoms with E-state index in [0.29, 0.717) is 0 Å². The highest BCUT2D eigenvalue weighted by Gasteiger charge is 2.23. The molecule has 8 heteroatoms. The quantitative estimate of drug-likeness (QED) is 0.747. The van der Waals surface area contributed by atoms with E-state index in [2.05, 4.69) is 43.4 Å². The number of likely N-dealkylation sites (tertiary alicyclic amines) is 1. The maximum atomic E-state index is 11.2. The molecule has 4 rings (SSSR count). The Hall–Kier alpha value is -2.74. The van der Waals surface area contributed by atoms with Crippen LogP contribution in [0.25, 0.3) is 10.9 Å². The molecule has 0 saturated carbocycles. The Morgan fingerprint density at radius 3 is 3.17 bits per heavy atom. The van der Waals surface area contributed by atoms with Crippen LogP contribution in [0.2, 0.25) is 0 Å². The van der Waals surface area contributed by atoms with E-state index in [9.17, 15) is 4.79 Å². The second-order valence-electron chi connectivity index (χ2n) is 6.19. The molecular formula is C16H19N7O. The van der Waals surface area contributed by atoms with Gasteiger partial charge in [0.25, 0.3) is 5.91 Å². The molecule has 2 aromatic heterocycles. The van der Waals surface area contributed by atoms with E-state index in [1.54, 1.807) is 11.0 Å². The standard InChI is InChI=1S/C16H19N7O/c17-15(24)16-18-10-23(21-16)13-5-2-6-22(9-13)8-12-4-1-3-11-7-19-20-14(11)12/h1,3-4,7,10,13H,2,5-6,8-9H2,(H2,17,24)(H,19,20)/t13-/m0/s1. The van der Waals surface area contributed by atoms with Gasteiger partial charge in [-0.1, -0.05) is 18.2 Å². The summed E-state index contributed by atoms with van der Waals surface area (Å²) in [6, 6.07) is 6.46. The number of aromatic amines is 1. The molecule has 0 bridgehead atoms. The van der Waals surface area contributed by atoms with Crippen molar-refractivity contribution in [2.75, 3.05) is 13.1 Å². The van der Waals surface area contributed by atoms with Crippen LogP contribution >= 0.6 is 0 Å². The van der Waals surface area contributed by atoms with E-state index in [-0.39, 0.29) is 11.9 Å². The molecule has 3 heterocycles. The molecule has 1 fully saturated rings. The lowest BCUT2D eigenvalue weighted by atomic mass is 10.0. The van der Waals surface area contributed by atoms with Crippen molar-refractivity contribution in [3.63, 3.8) is 0 Å². The number of H-pyrrole nitrogens is 1. The van der Waals surface area contributed by atoms with E-state index < -0.39 is 5.91 Å². The lowest BCUT2D eigenvalue weighted by Crippen LogP contribution is -2.36. The number of para-hydroxylation sites is 1. The fourth-order valence-corrected chi connectivity index (χ4v) is 3.36. The molecule has 3 N–H and O–H groups in total. The summed E-state index contributed by atoms with van der Waals surface area (Å²) in [6.45, 7) is 2.76. The van der Waals surface area contributed by atoms with Crippen LogP contribution in [0.1, 0.15) is 35.1 Å². The van der Waals surface area contributed by atoms with E-state index in [1.807, 2.05) is 6.20 Å². The summed E-state index contributed by atoms with van der Waals surface area (Å²) in [4.78, 5) is 17.5. The number of hydrogen-bond acceptors (Lipinski definition) is 5. The van der Waals surface area contributed by atoms with Crippen LogP contribution in [0.4, 0.5) is 0 Å². The molecule has 1 aliphatic rings. The summed E-state index contributed by atoms with van der Waals surface area (Å²) < 4.78 is 1.77. The number of nitrogens with one attached hydrogen (secondary N) is 1. The summed E-state index contributed by atoms with van der Waals surface area (Å²) in [6.07, 6.45) is 5.55. The maximum Gasteiger partial charge on any atom is 0.288 e. The van der Waals surface area contributed by atoms with Crippen molar-refractivity contribution >= 4 is 16.8 Å². The number of nitrogens with zero attached hydrogens (tertiary/aromatic N) is 5. The predicted molar refractivity (Wildman–Crippen MR) is 88.2 cm³/mol. The lowest BCUT2D eigenvalue weighted by molar-refractivity contribution is 0.0989. The summed E-state index contributed by atoms with van der Waals surface area (Å²) in [5, 5.41) is 12.5. The average Bonchev–Trinajstić information content (AvgIpc) is 3.25. The zero-order valence-electron chi connectivity index (χ0n) is 13.2. The first kappa shape index (κ1) is 14.8. The van der Waals surface area contributed by atoms with E-state index in [0.717, 1.165) is 43.4 Å². The fraction of sp³-hybridized carbons (Fsp3) is 0.375. The number of carbonyl (C=O) groups excluding carboxylic acids is 1. The summed E-state index contributed by atoms with van der Waals surface area (Å²) in [5.41, 5.74) is 7.56. The van der Waals surface area contributed by atoms with Gasteiger partial charge in [-0.3, -0.25) is 14.8 Å². The Labute approximate surface area is 138 Å². The van der Waals surface area contributed by atoms with Crippen LogP contribution in [-0.4, -0.2) is 48.9 Å². The summed E-state index contributed by atoms with van der Waals surface area (Å²) in [5.74, 6) is -0.512. The molecule has 1 aliphatic heterocycles. The Kier molecular flexibility index (Phi) is 3.73. The molecule has 3 aromatic rings. The van der Waals surface area contributed by atoms with Gasteiger partial charge in [0.1, 0.15) is 6.33 Å². The van der Waals surface area contributed by atoms with Gasteiger partial charge < -0.3 is 5.73 Å². The van der Waals surface area contributed by atoms with Gasteiger partial charge in [-0.15, -0.1) is 5.10 Å². The zero-order valence-corrected chi connectivity index (χ0v) is 13.2. The Balaban J connectivity index is 1.50.